The Morgan fingerprint density at radius 1 is 1.47 bits per heavy atom. The minimum absolute atomic E-state index is 0.166. The van der Waals surface area contributed by atoms with Gasteiger partial charge in [-0.2, -0.15) is 8.78 Å². The highest BCUT2D eigenvalue weighted by atomic mass is 35.5. The van der Waals surface area contributed by atoms with Crippen LogP contribution in [0, 0.1) is 6.92 Å². The van der Waals surface area contributed by atoms with Gasteiger partial charge >= 0.3 is 18.4 Å². The molecule has 0 aromatic carbocycles. The molecule has 0 N–H and O–H groups in total. The Morgan fingerprint density at radius 2 is 2.12 bits per heavy atom. The number of hydrogen-bond donors (Lipinski definition) is 0. The van der Waals surface area contributed by atoms with E-state index in [9.17, 15) is 17.6 Å². The lowest BCUT2D eigenvalue weighted by Gasteiger charge is -2.15. The predicted molar refractivity (Wildman–Crippen MR) is 52.8 cm³/mol. The van der Waals surface area contributed by atoms with Crippen LogP contribution in [0.25, 0.3) is 0 Å². The minimum atomic E-state index is -4.22. The van der Waals surface area contributed by atoms with Crippen molar-refractivity contribution in [1.29, 1.82) is 0 Å². The molecular formula is C9H9ClF4N2O. The Kier molecular flexibility index (Phi) is 4.50. The maximum atomic E-state index is 12.5. The summed E-state index contributed by atoms with van der Waals surface area (Å²) in [6.07, 6.45) is -2.49. The lowest BCUT2D eigenvalue weighted by atomic mass is 10.3. The van der Waals surface area contributed by atoms with Crippen molar-refractivity contribution in [2.24, 2.45) is 0 Å². The number of ether oxygens (including phenoxy) is 1. The summed E-state index contributed by atoms with van der Waals surface area (Å²) in [5.41, 5.74) is 1.06. The van der Waals surface area contributed by atoms with Crippen LogP contribution >= 0.6 is 11.6 Å². The van der Waals surface area contributed by atoms with Crippen molar-refractivity contribution in [3.63, 3.8) is 0 Å². The van der Waals surface area contributed by atoms with Gasteiger partial charge < -0.3 is 4.74 Å². The molecule has 0 saturated carbocycles. The van der Waals surface area contributed by atoms with Crippen LogP contribution in [0.2, 0.25) is 0 Å². The number of alkyl halides is 5. The second-order valence-corrected chi connectivity index (χ2v) is 3.51. The Labute approximate surface area is 99.8 Å². The van der Waals surface area contributed by atoms with Crippen LogP contribution in [0.5, 0.6) is 6.01 Å². The van der Waals surface area contributed by atoms with Gasteiger partial charge in [0.25, 0.3) is 0 Å². The second kappa shape index (κ2) is 5.48. The molecule has 8 heteroatoms. The van der Waals surface area contributed by atoms with E-state index < -0.39 is 19.0 Å². The maximum absolute atomic E-state index is 12.5. The smallest absolute Gasteiger partial charge is 0.340 e. The van der Waals surface area contributed by atoms with Crippen molar-refractivity contribution in [2.45, 2.75) is 25.2 Å². The summed E-state index contributed by atoms with van der Waals surface area (Å²) >= 11 is 5.54. The summed E-state index contributed by atoms with van der Waals surface area (Å²) in [6, 6.07) is -0.378. The number of hydrogen-bond acceptors (Lipinski definition) is 3. The summed E-state index contributed by atoms with van der Waals surface area (Å²) in [5.74, 6) is -4.05. The molecule has 0 bridgehead atoms. The van der Waals surface area contributed by atoms with Crippen molar-refractivity contribution >= 4 is 11.6 Å². The molecule has 0 radical (unpaired) electrons. The molecule has 0 fully saturated rings. The molecule has 0 amide bonds. The topological polar surface area (TPSA) is 35.0 Å². The van der Waals surface area contributed by atoms with Crippen LogP contribution < -0.4 is 4.74 Å². The average molecular weight is 273 g/mol. The lowest BCUT2D eigenvalue weighted by Crippen LogP contribution is -2.34. The number of halogens is 5. The molecule has 3 nitrogen and oxygen atoms in total. The van der Waals surface area contributed by atoms with E-state index in [-0.39, 0.29) is 11.9 Å². The number of rotatable bonds is 5. The van der Waals surface area contributed by atoms with Gasteiger partial charge in [0.15, 0.2) is 6.61 Å². The first kappa shape index (κ1) is 14.0. The van der Waals surface area contributed by atoms with E-state index in [1.54, 1.807) is 6.92 Å². The zero-order chi connectivity index (χ0) is 13.1. The quantitative estimate of drug-likeness (QED) is 0.611. The van der Waals surface area contributed by atoms with Crippen molar-refractivity contribution in [2.75, 3.05) is 6.61 Å². The number of nitrogens with zero attached hydrogens (tertiary/aromatic N) is 2. The van der Waals surface area contributed by atoms with Crippen LogP contribution in [-0.4, -0.2) is 28.9 Å². The molecule has 17 heavy (non-hydrogen) atoms. The molecule has 96 valence electrons. The Bertz CT molecular complexity index is 389. The summed E-state index contributed by atoms with van der Waals surface area (Å²) in [5, 5.41) is 0. The normalized spacial score (nSPS) is 11.9. The molecule has 1 rings (SSSR count). The number of aromatic nitrogens is 2. The fourth-order valence-corrected chi connectivity index (χ4v) is 1.16. The fourth-order valence-electron chi connectivity index (χ4n) is 0.895. The van der Waals surface area contributed by atoms with E-state index >= 15 is 0 Å². The largest absolute Gasteiger partial charge is 0.457 e. The maximum Gasteiger partial charge on any atom is 0.340 e. The van der Waals surface area contributed by atoms with Gasteiger partial charge in [0.1, 0.15) is 0 Å². The summed E-state index contributed by atoms with van der Waals surface area (Å²) in [6.45, 7) is 0.113. The Hall–Kier alpha value is -1.11. The molecule has 0 spiro atoms. The SMILES string of the molecule is Cc1nc(OCC(F)(F)C(F)F)ncc1CCl. The van der Waals surface area contributed by atoms with Crippen molar-refractivity contribution in [3.8, 4) is 6.01 Å². The molecule has 0 aliphatic heterocycles. The zero-order valence-corrected chi connectivity index (χ0v) is 9.52. The monoisotopic (exact) mass is 272 g/mol. The van der Waals surface area contributed by atoms with E-state index in [0.717, 1.165) is 0 Å². The van der Waals surface area contributed by atoms with E-state index in [1.807, 2.05) is 0 Å². The molecule has 1 heterocycles. The lowest BCUT2D eigenvalue weighted by molar-refractivity contribution is -0.149. The molecule has 0 saturated heterocycles. The zero-order valence-electron chi connectivity index (χ0n) is 8.76. The standard InChI is InChI=1S/C9H9ClF4N2O/c1-5-6(2-10)3-15-8(16-5)17-4-9(13,14)7(11)12/h3,7H,2,4H2,1H3. The van der Waals surface area contributed by atoms with Crippen LogP contribution in [0.1, 0.15) is 11.3 Å². The third-order valence-electron chi connectivity index (χ3n) is 1.92. The van der Waals surface area contributed by atoms with Crippen LogP contribution in [0.4, 0.5) is 17.6 Å². The molecule has 0 unspecified atom stereocenters. The third-order valence-corrected chi connectivity index (χ3v) is 2.20. The van der Waals surface area contributed by atoms with Gasteiger partial charge in [0.05, 0.1) is 5.88 Å². The van der Waals surface area contributed by atoms with E-state index in [0.29, 0.717) is 11.3 Å². The summed E-state index contributed by atoms with van der Waals surface area (Å²) in [4.78, 5) is 7.29. The Balaban J connectivity index is 2.67. The van der Waals surface area contributed by atoms with Gasteiger partial charge in [-0.05, 0) is 6.92 Å². The van der Waals surface area contributed by atoms with Crippen LogP contribution in [0.3, 0.4) is 0 Å². The highest BCUT2D eigenvalue weighted by Gasteiger charge is 2.42. The van der Waals surface area contributed by atoms with Gasteiger partial charge in [-0.15, -0.1) is 11.6 Å². The summed E-state index contributed by atoms with van der Waals surface area (Å²) < 4.78 is 53.1. The Morgan fingerprint density at radius 3 is 2.59 bits per heavy atom. The van der Waals surface area contributed by atoms with Crippen molar-refractivity contribution in [3.05, 3.63) is 17.5 Å². The van der Waals surface area contributed by atoms with Gasteiger partial charge in [0.2, 0.25) is 0 Å². The molecular weight excluding hydrogens is 264 g/mol. The van der Waals surface area contributed by atoms with Crippen LogP contribution in [0.15, 0.2) is 6.20 Å². The van der Waals surface area contributed by atoms with E-state index in [4.69, 9.17) is 11.6 Å². The van der Waals surface area contributed by atoms with Gasteiger partial charge in [-0.25, -0.2) is 18.7 Å². The molecule has 1 aromatic rings. The van der Waals surface area contributed by atoms with E-state index in [1.165, 1.54) is 6.20 Å². The van der Waals surface area contributed by atoms with Crippen molar-refractivity contribution in [1.82, 2.24) is 9.97 Å². The van der Waals surface area contributed by atoms with Crippen molar-refractivity contribution < 1.29 is 22.3 Å². The average Bonchev–Trinajstić information content (AvgIpc) is 2.26. The molecule has 0 aliphatic carbocycles. The first-order valence-corrected chi connectivity index (χ1v) is 5.07. The van der Waals surface area contributed by atoms with Crippen LogP contribution in [-0.2, 0) is 5.88 Å². The molecule has 1 aromatic heterocycles. The van der Waals surface area contributed by atoms with Gasteiger partial charge in [-0.3, -0.25) is 0 Å². The van der Waals surface area contributed by atoms with E-state index in [2.05, 4.69) is 14.7 Å². The summed E-state index contributed by atoms with van der Waals surface area (Å²) in [7, 11) is 0. The predicted octanol–water partition coefficient (Wildman–Crippen LogP) is 2.80. The minimum Gasteiger partial charge on any atom is -0.457 e. The van der Waals surface area contributed by atoms with Gasteiger partial charge in [-0.1, -0.05) is 0 Å². The second-order valence-electron chi connectivity index (χ2n) is 3.25. The first-order valence-electron chi connectivity index (χ1n) is 4.54. The first-order chi connectivity index (χ1) is 7.86. The van der Waals surface area contributed by atoms with Gasteiger partial charge in [0, 0.05) is 17.5 Å². The number of aryl methyl sites for hydroxylation is 1. The molecule has 0 aliphatic rings. The highest BCUT2D eigenvalue weighted by Crippen LogP contribution is 2.23. The highest BCUT2D eigenvalue weighted by molar-refractivity contribution is 6.17. The molecule has 0 atom stereocenters. The third kappa shape index (κ3) is 3.69. The fraction of sp³-hybridized carbons (Fsp3) is 0.556.